The second kappa shape index (κ2) is 7.33. The summed E-state index contributed by atoms with van der Waals surface area (Å²) in [6, 6.07) is -0.0992. The van der Waals surface area contributed by atoms with Gasteiger partial charge in [-0.1, -0.05) is 0 Å². The summed E-state index contributed by atoms with van der Waals surface area (Å²) in [7, 11) is 0. The fraction of sp³-hybridized carbons (Fsp3) is 0.750. The van der Waals surface area contributed by atoms with Crippen LogP contribution in [0.5, 0.6) is 0 Å². The van der Waals surface area contributed by atoms with E-state index in [1.807, 2.05) is 27.7 Å². The third-order valence-corrected chi connectivity index (χ3v) is 4.18. The molecule has 1 atom stereocenters. The van der Waals surface area contributed by atoms with Gasteiger partial charge in [0.15, 0.2) is 0 Å². The lowest BCUT2D eigenvalue weighted by molar-refractivity contribution is -0.183. The number of nitrogens with one attached hydrogen (secondary N) is 2. The van der Waals surface area contributed by atoms with Crippen molar-refractivity contribution in [3.63, 3.8) is 0 Å². The quantitative estimate of drug-likeness (QED) is 0.854. The highest BCUT2D eigenvalue weighted by Gasteiger charge is 2.43. The number of rotatable bonds is 4. The van der Waals surface area contributed by atoms with Crippen LogP contribution in [0.3, 0.4) is 0 Å². The molecule has 0 saturated carbocycles. The molecule has 0 spiro atoms. The van der Waals surface area contributed by atoms with Crippen molar-refractivity contribution in [1.82, 2.24) is 25.3 Å². The van der Waals surface area contributed by atoms with Crippen molar-refractivity contribution in [2.24, 2.45) is 0 Å². The first-order valence-corrected chi connectivity index (χ1v) is 8.37. The summed E-state index contributed by atoms with van der Waals surface area (Å²) in [5, 5.41) is 9.66. The van der Waals surface area contributed by atoms with Gasteiger partial charge in [-0.3, -0.25) is 14.4 Å². The van der Waals surface area contributed by atoms with Gasteiger partial charge in [0.25, 0.3) is 5.91 Å². The smallest absolute Gasteiger partial charge is 0.349 e. The van der Waals surface area contributed by atoms with Crippen molar-refractivity contribution in [1.29, 1.82) is 0 Å². The fourth-order valence-corrected chi connectivity index (χ4v) is 2.99. The Hall–Kier alpha value is -1.61. The molecule has 1 unspecified atom stereocenters. The lowest BCUT2D eigenvalue weighted by Crippen LogP contribution is -2.57. The van der Waals surface area contributed by atoms with Gasteiger partial charge < -0.3 is 10.6 Å². The Labute approximate surface area is 145 Å². The molecule has 1 fully saturated rings. The highest BCUT2D eigenvalue weighted by atomic mass is 19.4. The van der Waals surface area contributed by atoms with Gasteiger partial charge in [0.05, 0.1) is 5.54 Å². The minimum absolute atomic E-state index is 0.133. The maximum absolute atomic E-state index is 13.3. The molecule has 2 heterocycles. The van der Waals surface area contributed by atoms with E-state index in [1.165, 1.54) is 4.90 Å². The van der Waals surface area contributed by atoms with Crippen molar-refractivity contribution in [3.8, 4) is 0 Å². The van der Waals surface area contributed by atoms with Crippen molar-refractivity contribution >= 4 is 5.91 Å². The highest BCUT2D eigenvalue weighted by Crippen LogP contribution is 2.25. The number of nitrogens with zero attached hydrogens (tertiary/aromatic N) is 3. The number of halogens is 3. The second-order valence-corrected chi connectivity index (χ2v) is 7.31. The third kappa shape index (κ3) is 4.94. The first-order valence-electron chi connectivity index (χ1n) is 8.37. The number of hydrogen-bond donors (Lipinski definition) is 2. The monoisotopic (exact) mass is 361 g/mol. The van der Waals surface area contributed by atoms with Crippen molar-refractivity contribution in [3.05, 3.63) is 17.5 Å². The zero-order valence-corrected chi connectivity index (χ0v) is 15.1. The molecule has 142 valence electrons. The molecule has 0 aliphatic carbocycles. The van der Waals surface area contributed by atoms with E-state index in [0.29, 0.717) is 26.2 Å². The predicted octanol–water partition coefficient (Wildman–Crippen LogP) is 1.51. The van der Waals surface area contributed by atoms with Crippen LogP contribution in [0.25, 0.3) is 0 Å². The number of carbonyl (C=O) groups excluding carboxylic acids is 1. The third-order valence-electron chi connectivity index (χ3n) is 4.18. The minimum Gasteiger partial charge on any atom is -0.349 e. The van der Waals surface area contributed by atoms with Gasteiger partial charge in [0.2, 0.25) is 0 Å². The van der Waals surface area contributed by atoms with Gasteiger partial charge in [-0.2, -0.15) is 18.3 Å². The topological polar surface area (TPSA) is 62.2 Å². The number of carbonyl (C=O) groups is 1. The average molecular weight is 361 g/mol. The summed E-state index contributed by atoms with van der Waals surface area (Å²) in [5.74, 6) is -0.588. The Bertz CT molecular complexity index is 600. The van der Waals surface area contributed by atoms with E-state index in [0.717, 1.165) is 5.69 Å². The van der Waals surface area contributed by atoms with Crippen molar-refractivity contribution in [2.75, 3.05) is 32.7 Å². The van der Waals surface area contributed by atoms with E-state index in [9.17, 15) is 18.0 Å². The number of aromatic nitrogens is 2. The molecule has 25 heavy (non-hydrogen) atoms. The fourth-order valence-electron chi connectivity index (χ4n) is 2.99. The number of alkyl halides is 3. The molecular formula is C16H26F3N5O. The van der Waals surface area contributed by atoms with E-state index in [1.54, 1.807) is 10.7 Å². The van der Waals surface area contributed by atoms with E-state index in [4.69, 9.17) is 0 Å². The number of aryl methyl sites for hydroxylation is 1. The summed E-state index contributed by atoms with van der Waals surface area (Å²) in [6.07, 6.45) is -4.40. The molecule has 1 aliphatic rings. The molecule has 9 heteroatoms. The zero-order valence-electron chi connectivity index (χ0n) is 15.1. The van der Waals surface area contributed by atoms with Crippen LogP contribution in [0.15, 0.2) is 6.07 Å². The van der Waals surface area contributed by atoms with E-state index >= 15 is 0 Å². The molecule has 0 bridgehead atoms. The Balaban J connectivity index is 2.06. The standard InChI is InChI=1S/C16H26F3N5O/c1-11-9-12(22-24(11)15(2,3)4)14(25)21-10-13(16(17,18)19)23-7-5-20-6-8-23/h9,13,20H,5-8,10H2,1-4H3,(H,21,25). The number of amides is 1. The van der Waals surface area contributed by atoms with Gasteiger partial charge >= 0.3 is 6.18 Å². The Morgan fingerprint density at radius 1 is 1.32 bits per heavy atom. The van der Waals surface area contributed by atoms with Crippen LogP contribution in [-0.2, 0) is 5.54 Å². The van der Waals surface area contributed by atoms with Gasteiger partial charge in [-0.15, -0.1) is 0 Å². The zero-order chi connectivity index (χ0) is 18.8. The highest BCUT2D eigenvalue weighted by molar-refractivity contribution is 5.92. The van der Waals surface area contributed by atoms with Crippen LogP contribution in [0, 0.1) is 6.92 Å². The molecule has 2 rings (SSSR count). The van der Waals surface area contributed by atoms with Crippen LogP contribution in [0.1, 0.15) is 37.0 Å². The largest absolute Gasteiger partial charge is 0.405 e. The molecule has 0 aromatic carbocycles. The summed E-state index contributed by atoms with van der Waals surface area (Å²) in [4.78, 5) is 13.6. The summed E-state index contributed by atoms with van der Waals surface area (Å²) in [5.41, 5.74) is 0.610. The molecule has 1 saturated heterocycles. The second-order valence-electron chi connectivity index (χ2n) is 7.31. The molecule has 2 N–H and O–H groups in total. The Morgan fingerprint density at radius 2 is 1.92 bits per heavy atom. The maximum atomic E-state index is 13.3. The first-order chi connectivity index (χ1) is 11.5. The van der Waals surface area contributed by atoms with Gasteiger partial charge in [0.1, 0.15) is 11.7 Å². The molecular weight excluding hydrogens is 335 g/mol. The maximum Gasteiger partial charge on any atom is 0.405 e. The van der Waals surface area contributed by atoms with Crippen molar-refractivity contribution < 1.29 is 18.0 Å². The Kier molecular flexibility index (Phi) is 5.78. The summed E-state index contributed by atoms with van der Waals surface area (Å²) >= 11 is 0. The first kappa shape index (κ1) is 19.7. The van der Waals surface area contributed by atoms with Crippen LogP contribution < -0.4 is 10.6 Å². The molecule has 1 aromatic rings. The normalized spacial score (nSPS) is 18.2. The minimum atomic E-state index is -4.40. The van der Waals surface area contributed by atoms with Gasteiger partial charge in [0, 0.05) is 38.4 Å². The van der Waals surface area contributed by atoms with Gasteiger partial charge in [-0.05, 0) is 33.8 Å². The number of hydrogen-bond acceptors (Lipinski definition) is 4. The molecule has 6 nitrogen and oxygen atoms in total. The molecule has 1 amide bonds. The van der Waals surface area contributed by atoms with Gasteiger partial charge in [-0.25, -0.2) is 0 Å². The summed E-state index contributed by atoms with van der Waals surface area (Å²) in [6.45, 7) is 8.79. The van der Waals surface area contributed by atoms with Crippen LogP contribution in [-0.4, -0.2) is 65.5 Å². The van der Waals surface area contributed by atoms with E-state index < -0.39 is 24.7 Å². The van der Waals surface area contributed by atoms with Crippen LogP contribution >= 0.6 is 0 Å². The van der Waals surface area contributed by atoms with E-state index in [-0.39, 0.29) is 11.2 Å². The van der Waals surface area contributed by atoms with E-state index in [2.05, 4.69) is 15.7 Å². The summed E-state index contributed by atoms with van der Waals surface area (Å²) < 4.78 is 41.7. The molecule has 1 aromatic heterocycles. The SMILES string of the molecule is Cc1cc(C(=O)NCC(N2CCNCC2)C(F)(F)F)nn1C(C)(C)C. The number of piperazine rings is 1. The average Bonchev–Trinajstić information content (AvgIpc) is 2.89. The van der Waals surface area contributed by atoms with Crippen LogP contribution in [0.4, 0.5) is 13.2 Å². The molecule has 1 aliphatic heterocycles. The lowest BCUT2D eigenvalue weighted by atomic mass is 10.1. The predicted molar refractivity (Wildman–Crippen MR) is 88.6 cm³/mol. The van der Waals surface area contributed by atoms with Crippen LogP contribution in [0.2, 0.25) is 0 Å². The van der Waals surface area contributed by atoms with Crippen molar-refractivity contribution in [2.45, 2.75) is 45.5 Å². The molecule has 0 radical (unpaired) electrons. The lowest BCUT2D eigenvalue weighted by Gasteiger charge is -2.35. The Morgan fingerprint density at radius 3 is 2.40 bits per heavy atom.